The fraction of sp³-hybridized carbons (Fsp3) is 0.600. The van der Waals surface area contributed by atoms with Gasteiger partial charge in [-0.2, -0.15) is 4.98 Å². The van der Waals surface area contributed by atoms with E-state index < -0.39 is 0 Å². The summed E-state index contributed by atoms with van der Waals surface area (Å²) in [6, 6.07) is 1.57. The molecule has 1 aromatic heterocycles. The normalized spacial score (nSPS) is 10.4. The Kier molecular flexibility index (Phi) is 6.07. The molecule has 0 N–H and O–H groups in total. The highest BCUT2D eigenvalue weighted by atomic mass is 35.5. The van der Waals surface area contributed by atoms with E-state index in [2.05, 4.69) is 9.97 Å². The van der Waals surface area contributed by atoms with E-state index in [0.29, 0.717) is 43.3 Å². The number of nitrogens with zero attached hydrogens (tertiary/aromatic N) is 2. The Morgan fingerprint density at radius 2 is 1.94 bits per heavy atom. The minimum atomic E-state index is 0.378. The predicted octanol–water partition coefficient (Wildman–Crippen LogP) is 1.48. The van der Waals surface area contributed by atoms with Crippen molar-refractivity contribution in [3.63, 3.8) is 0 Å². The maximum Gasteiger partial charge on any atom is 0.218 e. The van der Waals surface area contributed by atoms with E-state index in [0.717, 1.165) is 0 Å². The molecule has 0 radical (unpaired) electrons. The molecule has 1 heterocycles. The predicted molar refractivity (Wildman–Crippen MR) is 60.0 cm³/mol. The topological polar surface area (TPSA) is 53.5 Å². The van der Waals surface area contributed by atoms with Crippen LogP contribution in [0.2, 0.25) is 5.15 Å². The van der Waals surface area contributed by atoms with Crippen LogP contribution in [0.3, 0.4) is 0 Å². The van der Waals surface area contributed by atoms with Crippen LogP contribution in [0, 0.1) is 6.92 Å². The second-order valence-corrected chi connectivity index (χ2v) is 3.42. The molecule has 1 rings (SSSR count). The molecule has 0 aliphatic rings. The smallest absolute Gasteiger partial charge is 0.218 e. The fourth-order valence-electron chi connectivity index (χ4n) is 1.03. The van der Waals surface area contributed by atoms with Gasteiger partial charge in [-0.05, 0) is 6.92 Å². The summed E-state index contributed by atoms with van der Waals surface area (Å²) in [5.41, 5.74) is 0. The average molecular weight is 247 g/mol. The van der Waals surface area contributed by atoms with Crippen LogP contribution < -0.4 is 4.74 Å². The molecule has 0 aliphatic heterocycles. The lowest BCUT2D eigenvalue weighted by Gasteiger charge is -2.06. The Hall–Kier alpha value is -0.910. The first-order valence-electron chi connectivity index (χ1n) is 4.93. The first-order chi connectivity index (χ1) is 7.72. The minimum Gasteiger partial charge on any atom is -0.475 e. The number of hydrogen-bond donors (Lipinski definition) is 0. The van der Waals surface area contributed by atoms with Crippen molar-refractivity contribution >= 4 is 11.6 Å². The van der Waals surface area contributed by atoms with Crippen molar-refractivity contribution in [2.75, 3.05) is 33.5 Å². The molecule has 0 fully saturated rings. The van der Waals surface area contributed by atoms with Crippen LogP contribution >= 0.6 is 11.6 Å². The largest absolute Gasteiger partial charge is 0.475 e. The molecule has 16 heavy (non-hydrogen) atoms. The van der Waals surface area contributed by atoms with Gasteiger partial charge in [0, 0.05) is 13.2 Å². The minimum absolute atomic E-state index is 0.378. The summed E-state index contributed by atoms with van der Waals surface area (Å²) >= 11 is 5.75. The van der Waals surface area contributed by atoms with Gasteiger partial charge in [-0.3, -0.25) is 0 Å². The molecule has 0 aliphatic carbocycles. The highest BCUT2D eigenvalue weighted by Gasteiger charge is 2.00. The number of halogens is 1. The number of ether oxygens (including phenoxy) is 3. The van der Waals surface area contributed by atoms with Crippen molar-refractivity contribution < 1.29 is 14.2 Å². The van der Waals surface area contributed by atoms with E-state index in [1.807, 2.05) is 0 Å². The van der Waals surface area contributed by atoms with Crippen molar-refractivity contribution in [1.82, 2.24) is 9.97 Å². The number of aromatic nitrogens is 2. The maximum atomic E-state index is 5.75. The summed E-state index contributed by atoms with van der Waals surface area (Å²) in [6.07, 6.45) is 0. The van der Waals surface area contributed by atoms with Crippen LogP contribution in [-0.4, -0.2) is 43.5 Å². The second-order valence-electron chi connectivity index (χ2n) is 3.03. The first-order valence-corrected chi connectivity index (χ1v) is 5.31. The van der Waals surface area contributed by atoms with Crippen LogP contribution in [-0.2, 0) is 9.47 Å². The summed E-state index contributed by atoms with van der Waals surface area (Å²) in [6.45, 7) is 3.82. The standard InChI is InChI=1S/C10H15ClN2O3/c1-8-12-9(11)7-10(13-8)16-6-5-15-4-3-14-2/h7H,3-6H2,1-2H3. The molecule has 0 saturated carbocycles. The summed E-state index contributed by atoms with van der Waals surface area (Å²) in [5.74, 6) is 1.05. The van der Waals surface area contributed by atoms with E-state index in [-0.39, 0.29) is 0 Å². The van der Waals surface area contributed by atoms with Crippen molar-refractivity contribution in [1.29, 1.82) is 0 Å². The van der Waals surface area contributed by atoms with Gasteiger partial charge < -0.3 is 14.2 Å². The zero-order valence-corrected chi connectivity index (χ0v) is 10.2. The summed E-state index contributed by atoms with van der Waals surface area (Å²) < 4.78 is 15.4. The summed E-state index contributed by atoms with van der Waals surface area (Å²) in [7, 11) is 1.63. The number of aryl methyl sites for hydroxylation is 1. The number of methoxy groups -OCH3 is 1. The van der Waals surface area contributed by atoms with Gasteiger partial charge in [-0.15, -0.1) is 0 Å². The summed E-state index contributed by atoms with van der Waals surface area (Å²) in [4.78, 5) is 8.00. The average Bonchev–Trinajstić information content (AvgIpc) is 2.22. The Labute approximate surface area is 99.7 Å². The molecule has 0 saturated heterocycles. The van der Waals surface area contributed by atoms with Crippen molar-refractivity contribution in [2.45, 2.75) is 6.92 Å². The Morgan fingerprint density at radius 3 is 2.62 bits per heavy atom. The zero-order valence-electron chi connectivity index (χ0n) is 9.40. The molecule has 5 nitrogen and oxygen atoms in total. The molecule has 0 bridgehead atoms. The molecular weight excluding hydrogens is 232 g/mol. The maximum absolute atomic E-state index is 5.75. The van der Waals surface area contributed by atoms with E-state index in [9.17, 15) is 0 Å². The van der Waals surface area contributed by atoms with Crippen LogP contribution in [0.1, 0.15) is 5.82 Å². The van der Waals surface area contributed by atoms with E-state index in [1.165, 1.54) is 0 Å². The van der Waals surface area contributed by atoms with Gasteiger partial charge in [0.25, 0.3) is 0 Å². The number of rotatable bonds is 7. The molecule has 0 spiro atoms. The van der Waals surface area contributed by atoms with Crippen LogP contribution in [0.25, 0.3) is 0 Å². The van der Waals surface area contributed by atoms with E-state index >= 15 is 0 Å². The van der Waals surface area contributed by atoms with Gasteiger partial charge in [0.1, 0.15) is 17.6 Å². The lowest BCUT2D eigenvalue weighted by atomic mass is 10.6. The highest BCUT2D eigenvalue weighted by Crippen LogP contribution is 2.12. The third kappa shape index (κ3) is 5.25. The molecule has 90 valence electrons. The van der Waals surface area contributed by atoms with Gasteiger partial charge in [0.15, 0.2) is 0 Å². The molecular formula is C10H15ClN2O3. The lowest BCUT2D eigenvalue weighted by molar-refractivity contribution is 0.0536. The SMILES string of the molecule is COCCOCCOc1cc(Cl)nc(C)n1. The molecule has 1 aromatic rings. The molecule has 6 heteroatoms. The van der Waals surface area contributed by atoms with Crippen molar-refractivity contribution in [2.24, 2.45) is 0 Å². The lowest BCUT2D eigenvalue weighted by Crippen LogP contribution is -2.10. The van der Waals surface area contributed by atoms with E-state index in [1.54, 1.807) is 20.1 Å². The zero-order chi connectivity index (χ0) is 11.8. The quantitative estimate of drug-likeness (QED) is 0.539. The van der Waals surface area contributed by atoms with Crippen LogP contribution in [0.5, 0.6) is 5.88 Å². The molecule has 0 amide bonds. The summed E-state index contributed by atoms with van der Waals surface area (Å²) in [5, 5.41) is 0.378. The highest BCUT2D eigenvalue weighted by molar-refractivity contribution is 6.29. The van der Waals surface area contributed by atoms with Gasteiger partial charge >= 0.3 is 0 Å². The van der Waals surface area contributed by atoms with Crippen LogP contribution in [0.4, 0.5) is 0 Å². The molecule has 0 aromatic carbocycles. The van der Waals surface area contributed by atoms with Crippen molar-refractivity contribution in [3.05, 3.63) is 17.0 Å². The Balaban J connectivity index is 2.21. The van der Waals surface area contributed by atoms with Gasteiger partial charge in [-0.1, -0.05) is 11.6 Å². The monoisotopic (exact) mass is 246 g/mol. The first kappa shape index (κ1) is 13.2. The third-order valence-electron chi connectivity index (χ3n) is 1.69. The fourth-order valence-corrected chi connectivity index (χ4v) is 1.24. The van der Waals surface area contributed by atoms with E-state index in [4.69, 9.17) is 25.8 Å². The Morgan fingerprint density at radius 1 is 1.19 bits per heavy atom. The molecule has 0 unspecified atom stereocenters. The third-order valence-corrected chi connectivity index (χ3v) is 1.89. The van der Waals surface area contributed by atoms with Gasteiger partial charge in [0.2, 0.25) is 5.88 Å². The van der Waals surface area contributed by atoms with Gasteiger partial charge in [0.05, 0.1) is 19.8 Å². The molecule has 0 atom stereocenters. The second kappa shape index (κ2) is 7.38. The van der Waals surface area contributed by atoms with Crippen molar-refractivity contribution in [3.8, 4) is 5.88 Å². The van der Waals surface area contributed by atoms with Crippen LogP contribution in [0.15, 0.2) is 6.07 Å². The Bertz CT molecular complexity index is 303. The number of hydrogen-bond acceptors (Lipinski definition) is 5. The van der Waals surface area contributed by atoms with Gasteiger partial charge in [-0.25, -0.2) is 4.98 Å².